The summed E-state index contributed by atoms with van der Waals surface area (Å²) in [4.78, 5) is 37.7. The van der Waals surface area contributed by atoms with Gasteiger partial charge in [0.1, 0.15) is 5.82 Å². The fourth-order valence-corrected chi connectivity index (χ4v) is 5.13. The van der Waals surface area contributed by atoms with Crippen molar-refractivity contribution < 1.29 is 31.9 Å². The van der Waals surface area contributed by atoms with Gasteiger partial charge < -0.3 is 15.0 Å². The van der Waals surface area contributed by atoms with E-state index in [-0.39, 0.29) is 41.6 Å². The molecule has 146 valence electrons. The average Bonchev–Trinajstić information content (AvgIpc) is 3.18. The molecule has 2 aliphatic heterocycles. The lowest BCUT2D eigenvalue weighted by Crippen LogP contribution is -2.38. The number of hydrogen-bond acceptors (Lipinski definition) is 6. The van der Waals surface area contributed by atoms with Crippen molar-refractivity contribution in [1.82, 2.24) is 4.90 Å². The molecule has 2 atom stereocenters. The third kappa shape index (κ3) is 4.10. The molecular weight excluding hydrogens is 379 g/mol. The molecule has 1 aromatic carbocycles. The molecule has 8 nitrogen and oxygen atoms in total. The maximum Gasteiger partial charge on any atom is 0.340 e. The van der Waals surface area contributed by atoms with Gasteiger partial charge in [0.2, 0.25) is 11.8 Å². The van der Waals surface area contributed by atoms with Gasteiger partial charge in [-0.1, -0.05) is 0 Å². The molecule has 1 N–H and O–H groups in total. The van der Waals surface area contributed by atoms with E-state index in [2.05, 4.69) is 10.1 Å². The standard InChI is InChI=1S/C17H19FN2O6S/c1-26-17(23)13-7-11(2-3-14(13)18)19-16(22)10-6-15(21)20(8-10)12-4-5-27(24,25)9-12/h2-3,7,10,12H,4-6,8-9H2,1H3,(H,19,22)/t10-,12+/m1/s1. The van der Waals surface area contributed by atoms with E-state index in [9.17, 15) is 27.2 Å². The molecule has 10 heteroatoms. The number of benzene rings is 1. The highest BCUT2D eigenvalue weighted by molar-refractivity contribution is 7.91. The van der Waals surface area contributed by atoms with E-state index < -0.39 is 39.5 Å². The molecular formula is C17H19FN2O6S. The maximum atomic E-state index is 13.7. The van der Waals surface area contributed by atoms with Gasteiger partial charge >= 0.3 is 5.97 Å². The number of anilines is 1. The summed E-state index contributed by atoms with van der Waals surface area (Å²) in [5.41, 5.74) is -0.105. The lowest BCUT2D eigenvalue weighted by Gasteiger charge is -2.22. The molecule has 2 saturated heterocycles. The summed E-state index contributed by atoms with van der Waals surface area (Å²) in [6.45, 7) is 0.135. The SMILES string of the molecule is COC(=O)c1cc(NC(=O)[C@@H]2CC(=O)N([C@H]3CCS(=O)(=O)C3)C2)ccc1F. The molecule has 27 heavy (non-hydrogen) atoms. The van der Waals surface area contributed by atoms with Crippen LogP contribution in [-0.4, -0.2) is 62.3 Å². The largest absolute Gasteiger partial charge is 0.465 e. The number of likely N-dealkylation sites (tertiary alicyclic amines) is 1. The number of rotatable bonds is 4. The first kappa shape index (κ1) is 19.3. The van der Waals surface area contributed by atoms with Gasteiger partial charge in [0.15, 0.2) is 9.84 Å². The van der Waals surface area contributed by atoms with Gasteiger partial charge in [-0.05, 0) is 24.6 Å². The number of nitrogens with one attached hydrogen (secondary N) is 1. The first-order valence-corrected chi connectivity index (χ1v) is 10.2. The van der Waals surface area contributed by atoms with Crippen LogP contribution in [0, 0.1) is 11.7 Å². The fourth-order valence-electron chi connectivity index (χ4n) is 3.40. The second-order valence-corrected chi connectivity index (χ2v) is 8.91. The summed E-state index contributed by atoms with van der Waals surface area (Å²) in [6, 6.07) is 3.11. The molecule has 1 aromatic rings. The number of carbonyl (C=O) groups is 3. The van der Waals surface area contributed by atoms with Gasteiger partial charge in [0.25, 0.3) is 0 Å². The Kier molecular flexibility index (Phi) is 5.18. The van der Waals surface area contributed by atoms with Crippen molar-refractivity contribution in [3.05, 3.63) is 29.6 Å². The van der Waals surface area contributed by atoms with Crippen LogP contribution in [0.1, 0.15) is 23.2 Å². The molecule has 2 fully saturated rings. The highest BCUT2D eigenvalue weighted by Gasteiger charge is 2.41. The molecule has 3 rings (SSSR count). The number of methoxy groups -OCH3 is 1. The van der Waals surface area contributed by atoms with Crippen LogP contribution in [0.15, 0.2) is 18.2 Å². The zero-order valence-corrected chi connectivity index (χ0v) is 15.4. The van der Waals surface area contributed by atoms with Gasteiger partial charge in [-0.15, -0.1) is 0 Å². The highest BCUT2D eigenvalue weighted by Crippen LogP contribution is 2.27. The van der Waals surface area contributed by atoms with Crippen molar-refractivity contribution in [3.63, 3.8) is 0 Å². The monoisotopic (exact) mass is 398 g/mol. The number of ether oxygens (including phenoxy) is 1. The molecule has 0 bridgehead atoms. The second-order valence-electron chi connectivity index (χ2n) is 6.68. The quantitative estimate of drug-likeness (QED) is 0.744. The van der Waals surface area contributed by atoms with Crippen molar-refractivity contribution in [2.75, 3.05) is 30.5 Å². The average molecular weight is 398 g/mol. The van der Waals surface area contributed by atoms with Crippen LogP contribution in [0.2, 0.25) is 0 Å². The zero-order valence-electron chi connectivity index (χ0n) is 14.6. The summed E-state index contributed by atoms with van der Waals surface area (Å²) in [5, 5.41) is 2.57. The molecule has 0 aromatic heterocycles. The number of amides is 2. The minimum Gasteiger partial charge on any atom is -0.465 e. The van der Waals surface area contributed by atoms with Gasteiger partial charge in [0.05, 0.1) is 30.1 Å². The normalized spacial score (nSPS) is 24.1. The number of halogens is 1. The number of sulfone groups is 1. The Morgan fingerprint density at radius 2 is 2.07 bits per heavy atom. The maximum absolute atomic E-state index is 13.7. The Morgan fingerprint density at radius 1 is 1.33 bits per heavy atom. The van der Waals surface area contributed by atoms with E-state index in [0.717, 1.165) is 19.2 Å². The minimum absolute atomic E-state index is 0.0204. The van der Waals surface area contributed by atoms with E-state index in [0.29, 0.717) is 6.42 Å². The Balaban J connectivity index is 1.67. The van der Waals surface area contributed by atoms with Gasteiger partial charge in [-0.25, -0.2) is 17.6 Å². The van der Waals surface area contributed by atoms with Crippen molar-refractivity contribution >= 4 is 33.3 Å². The van der Waals surface area contributed by atoms with Crippen molar-refractivity contribution in [2.45, 2.75) is 18.9 Å². The van der Waals surface area contributed by atoms with Crippen LogP contribution in [-0.2, 0) is 24.2 Å². The lowest BCUT2D eigenvalue weighted by atomic mass is 10.1. The molecule has 0 saturated carbocycles. The van der Waals surface area contributed by atoms with Crippen molar-refractivity contribution in [3.8, 4) is 0 Å². The van der Waals surface area contributed by atoms with Crippen molar-refractivity contribution in [1.29, 1.82) is 0 Å². The summed E-state index contributed by atoms with van der Waals surface area (Å²) >= 11 is 0. The topological polar surface area (TPSA) is 110 Å². The Labute approximate surface area is 155 Å². The zero-order chi connectivity index (χ0) is 19.8. The Hall–Kier alpha value is -2.49. The number of carbonyl (C=O) groups excluding carboxylic acids is 3. The number of nitrogens with zero attached hydrogens (tertiary/aromatic N) is 1. The molecule has 0 unspecified atom stereocenters. The summed E-state index contributed by atoms with van der Waals surface area (Å²) < 4.78 is 41.4. The molecule has 0 aliphatic carbocycles. The second kappa shape index (κ2) is 7.26. The first-order valence-electron chi connectivity index (χ1n) is 8.39. The van der Waals surface area contributed by atoms with Gasteiger partial charge in [-0.2, -0.15) is 0 Å². The number of hydrogen-bond donors (Lipinski definition) is 1. The van der Waals surface area contributed by atoms with Crippen LogP contribution in [0.4, 0.5) is 10.1 Å². The predicted octanol–water partition coefficient (Wildman–Crippen LogP) is 0.586. The molecule has 0 radical (unpaired) electrons. The molecule has 2 aliphatic rings. The summed E-state index contributed by atoms with van der Waals surface area (Å²) in [7, 11) is -2.02. The smallest absolute Gasteiger partial charge is 0.340 e. The molecule has 0 spiro atoms. The van der Waals surface area contributed by atoms with Crippen LogP contribution < -0.4 is 5.32 Å². The predicted molar refractivity (Wildman–Crippen MR) is 93.2 cm³/mol. The first-order chi connectivity index (χ1) is 12.7. The van der Waals surface area contributed by atoms with Gasteiger partial charge in [0, 0.05) is 24.7 Å². The Bertz CT molecular complexity index is 901. The van der Waals surface area contributed by atoms with E-state index in [1.165, 1.54) is 11.0 Å². The van der Waals surface area contributed by atoms with Crippen molar-refractivity contribution in [2.24, 2.45) is 5.92 Å². The Morgan fingerprint density at radius 3 is 2.70 bits per heavy atom. The van der Waals surface area contributed by atoms with Crippen LogP contribution in [0.25, 0.3) is 0 Å². The van der Waals surface area contributed by atoms with Crippen LogP contribution in [0.5, 0.6) is 0 Å². The van der Waals surface area contributed by atoms with E-state index in [1.54, 1.807) is 0 Å². The number of esters is 1. The summed E-state index contributed by atoms with van der Waals surface area (Å²) in [6.07, 6.45) is 0.357. The fraction of sp³-hybridized carbons (Fsp3) is 0.471. The van der Waals surface area contributed by atoms with E-state index in [4.69, 9.17) is 0 Å². The molecule has 2 amide bonds. The minimum atomic E-state index is -3.14. The summed E-state index contributed by atoms with van der Waals surface area (Å²) in [5.74, 6) is -3.02. The van der Waals surface area contributed by atoms with E-state index in [1.807, 2.05) is 0 Å². The third-order valence-electron chi connectivity index (χ3n) is 4.82. The highest BCUT2D eigenvalue weighted by atomic mass is 32.2. The van der Waals surface area contributed by atoms with Gasteiger partial charge in [-0.3, -0.25) is 9.59 Å². The van der Waals surface area contributed by atoms with Crippen LogP contribution in [0.3, 0.4) is 0 Å². The third-order valence-corrected chi connectivity index (χ3v) is 6.57. The molecule has 2 heterocycles. The van der Waals surface area contributed by atoms with E-state index >= 15 is 0 Å². The van der Waals surface area contributed by atoms with Crippen LogP contribution >= 0.6 is 0 Å². The lowest BCUT2D eigenvalue weighted by molar-refractivity contribution is -0.129.